The van der Waals surface area contributed by atoms with Crippen LogP contribution in [0.5, 0.6) is 5.75 Å². The highest BCUT2D eigenvalue weighted by atomic mass is 32.2. The lowest BCUT2D eigenvalue weighted by atomic mass is 9.82. The van der Waals surface area contributed by atoms with Gasteiger partial charge in [-0.25, -0.2) is 47.7 Å². The van der Waals surface area contributed by atoms with E-state index in [0.717, 1.165) is 48.8 Å². The largest absolute Gasteiger partial charge is 0.493 e. The summed E-state index contributed by atoms with van der Waals surface area (Å²) in [5.74, 6) is -1.82. The molecular weight excluding hydrogens is 1110 g/mol. The molecule has 4 aromatic carbocycles. The number of urea groups is 3. The molecule has 1 aliphatic carbocycles. The van der Waals surface area contributed by atoms with E-state index < -0.39 is 51.4 Å². The molecule has 1 fully saturated rings. The van der Waals surface area contributed by atoms with Gasteiger partial charge in [-0.05, 0) is 107 Å². The van der Waals surface area contributed by atoms with E-state index >= 15 is 0 Å². The van der Waals surface area contributed by atoms with Gasteiger partial charge in [0.15, 0.2) is 17.5 Å². The Bertz CT molecular complexity index is 3510. The monoisotopic (exact) mass is 1180 g/mol. The van der Waals surface area contributed by atoms with Gasteiger partial charge in [-0.15, -0.1) is 0 Å². The van der Waals surface area contributed by atoms with Crippen molar-refractivity contribution in [3.8, 4) is 5.75 Å². The summed E-state index contributed by atoms with van der Waals surface area (Å²) in [6.45, 7) is 14.6. The topological polar surface area (TPSA) is 280 Å². The summed E-state index contributed by atoms with van der Waals surface area (Å²) in [6.07, 6.45) is -1.71. The second-order valence-electron chi connectivity index (χ2n) is 21.3. The first-order valence-corrected chi connectivity index (χ1v) is 28.1. The fourth-order valence-electron chi connectivity index (χ4n) is 8.90. The minimum Gasteiger partial charge on any atom is -0.493 e. The number of rotatable bonds is 15. The van der Waals surface area contributed by atoms with Gasteiger partial charge in [-0.2, -0.15) is 31.3 Å². The summed E-state index contributed by atoms with van der Waals surface area (Å²) in [7, 11) is -3.57. The van der Waals surface area contributed by atoms with Crippen molar-refractivity contribution < 1.29 is 53.9 Å². The first-order valence-electron chi connectivity index (χ1n) is 26.3. The van der Waals surface area contributed by atoms with Gasteiger partial charge in [-0.1, -0.05) is 94.1 Å². The number of hydrogen-bond acceptors (Lipinski definition) is 15. The first kappa shape index (κ1) is 63.6. The molecule has 0 bridgehead atoms. The van der Waals surface area contributed by atoms with Crippen LogP contribution in [0.25, 0.3) is 32.7 Å². The quantitative estimate of drug-likeness (QED) is 0.0200. The van der Waals surface area contributed by atoms with Crippen molar-refractivity contribution in [1.82, 2.24) is 62.1 Å². The van der Waals surface area contributed by atoms with E-state index in [1.54, 1.807) is 60.7 Å². The van der Waals surface area contributed by atoms with Gasteiger partial charge in [0.05, 0.1) is 23.2 Å². The molecule has 0 saturated heterocycles. The zero-order valence-corrected chi connectivity index (χ0v) is 47.7. The number of nitrogens with one attached hydrogen (secondary N) is 9. The van der Waals surface area contributed by atoms with Gasteiger partial charge in [-0.3, -0.25) is 32.6 Å². The van der Waals surface area contributed by atoms with Crippen LogP contribution < -0.4 is 53.2 Å². The Balaban J connectivity index is 0.000000201. The summed E-state index contributed by atoms with van der Waals surface area (Å²) in [4.78, 5) is 58.4. The summed E-state index contributed by atoms with van der Waals surface area (Å²) < 4.78 is 107. The van der Waals surface area contributed by atoms with Crippen molar-refractivity contribution in [3.05, 3.63) is 114 Å². The second kappa shape index (κ2) is 27.5. The number of halogens is 6. The molecule has 21 nitrogen and oxygen atoms in total. The zero-order chi connectivity index (χ0) is 60.8. The summed E-state index contributed by atoms with van der Waals surface area (Å²) in [6, 6.07) is 24.0. The van der Waals surface area contributed by atoms with Crippen LogP contribution in [0.15, 0.2) is 96.2 Å². The third-order valence-electron chi connectivity index (χ3n) is 12.1. The molecule has 9 N–H and O–H groups in total. The number of benzene rings is 4. The van der Waals surface area contributed by atoms with Crippen LogP contribution in [-0.2, 0) is 22.2 Å². The number of alkyl halides is 6. The average Bonchev–Trinajstić information content (AvgIpc) is 3.28. The van der Waals surface area contributed by atoms with Crippen molar-refractivity contribution in [2.24, 2.45) is 5.41 Å². The molecule has 0 spiro atoms. The average molecular weight is 1180 g/mol. The van der Waals surface area contributed by atoms with Crippen LogP contribution in [0.2, 0.25) is 0 Å². The number of nitrogens with zero attached hydrogens (tertiary/aromatic N) is 6. The Morgan fingerprint density at radius 2 is 1.07 bits per heavy atom. The van der Waals surface area contributed by atoms with Gasteiger partial charge >= 0.3 is 30.4 Å². The molecule has 8 rings (SSSR count). The number of hydrogen-bond donors (Lipinski definition) is 9. The molecule has 83 heavy (non-hydrogen) atoms. The summed E-state index contributed by atoms with van der Waals surface area (Å²) >= 11 is 0. The number of aromatic nitrogens is 6. The maximum absolute atomic E-state index is 13.0. The Kier molecular flexibility index (Phi) is 21.1. The van der Waals surface area contributed by atoms with E-state index in [1.165, 1.54) is 18.6 Å². The van der Waals surface area contributed by atoms with Crippen LogP contribution in [0.1, 0.15) is 102 Å². The van der Waals surface area contributed by atoms with Gasteiger partial charge in [0.2, 0.25) is 26.6 Å². The lowest BCUT2D eigenvalue weighted by Gasteiger charge is -2.33. The standard InChI is InChI=1S/C21H22F3N5O2.C18H24F3N5O.C16H21N5O3S/c1-13-8-9-17(14(2)12-13)31-11-5-10-25-20(30)29-28-18-15-6-3-4-7-16(15)26-19(27-18)21(22,23)24;1-16(2,3)10-17(4,5)24-15(27)26-25-13-11-8-6-7-9-12(11)22-14(23-13)18(19,20)21;1-25(23,24)16-18-13-10-6-5-9-12(13)14(19-16)20-21-15(22)17-11-7-3-2-4-8-11/h3-4,6-9,12H,5,10-11H2,1-2H3,(H2,25,29,30)(H,26,27,28);6-9H,10H2,1-5H3,(H,22,23,25)(H2,24,26,27);5-6,9-11H,2-4,7-8H2,1H3,(H2,17,21,22)(H,18,19,20). The minimum atomic E-state index is -4.71. The number of carbonyl (C=O) groups is 3. The number of amides is 6. The molecule has 0 atom stereocenters. The molecule has 28 heteroatoms. The van der Waals surface area contributed by atoms with E-state index in [0.29, 0.717) is 47.7 Å². The van der Waals surface area contributed by atoms with Crippen molar-refractivity contribution in [1.29, 1.82) is 0 Å². The Morgan fingerprint density at radius 1 is 0.602 bits per heavy atom. The van der Waals surface area contributed by atoms with E-state index in [-0.39, 0.29) is 51.1 Å². The van der Waals surface area contributed by atoms with E-state index in [2.05, 4.69) is 99.2 Å². The van der Waals surface area contributed by atoms with Gasteiger partial charge in [0.25, 0.3) is 0 Å². The lowest BCUT2D eigenvalue weighted by molar-refractivity contribution is -0.145. The molecule has 1 saturated carbocycles. The number of ether oxygens (including phenoxy) is 1. The number of para-hydroxylation sites is 3. The molecular formula is C55H67F6N15O6S. The number of aryl methyl sites for hydroxylation is 2. The molecule has 7 aromatic rings. The third kappa shape index (κ3) is 19.8. The normalized spacial score (nSPS) is 13.1. The molecule has 0 unspecified atom stereocenters. The Morgan fingerprint density at radius 3 is 1.55 bits per heavy atom. The van der Waals surface area contributed by atoms with Crippen molar-refractivity contribution in [2.75, 3.05) is 35.7 Å². The fourth-order valence-corrected chi connectivity index (χ4v) is 9.42. The molecule has 0 aliphatic heterocycles. The molecule has 3 aromatic heterocycles. The first-order chi connectivity index (χ1) is 38.9. The number of sulfone groups is 1. The SMILES string of the molecule is CC(C)(C)CC(C)(C)NC(=O)NNc1nc(C(F)(F)F)nc2ccccc12.CS(=O)(=O)c1nc(NNC(=O)NC2CCCCC2)c2ccccc2n1.Cc1ccc(OCCCNC(=O)NNc2nc(C(F)(F)F)nc3ccccc23)c(C)c1. The van der Waals surface area contributed by atoms with Gasteiger partial charge in [0, 0.05) is 40.5 Å². The molecule has 0 radical (unpaired) electrons. The van der Waals surface area contributed by atoms with Crippen LogP contribution >= 0.6 is 0 Å². The van der Waals surface area contributed by atoms with Crippen molar-refractivity contribution in [2.45, 2.75) is 123 Å². The predicted molar refractivity (Wildman–Crippen MR) is 304 cm³/mol. The maximum Gasteiger partial charge on any atom is 0.451 e. The van der Waals surface area contributed by atoms with Crippen LogP contribution in [0.4, 0.5) is 58.2 Å². The van der Waals surface area contributed by atoms with Crippen LogP contribution in [0, 0.1) is 19.3 Å². The van der Waals surface area contributed by atoms with E-state index in [1.807, 2.05) is 45.9 Å². The van der Waals surface area contributed by atoms with Crippen molar-refractivity contribution in [3.63, 3.8) is 0 Å². The number of anilines is 3. The van der Waals surface area contributed by atoms with Crippen LogP contribution in [0.3, 0.4) is 0 Å². The number of fused-ring (bicyclic) bond motifs is 3. The maximum atomic E-state index is 13.0. The Labute approximate surface area is 475 Å². The fraction of sp³-hybridized carbons (Fsp3) is 0.400. The zero-order valence-electron chi connectivity index (χ0n) is 46.9. The third-order valence-corrected chi connectivity index (χ3v) is 12.9. The highest BCUT2D eigenvalue weighted by Gasteiger charge is 2.37. The van der Waals surface area contributed by atoms with E-state index in [9.17, 15) is 49.1 Å². The molecule has 446 valence electrons. The van der Waals surface area contributed by atoms with Crippen LogP contribution in [-0.4, -0.2) is 87.4 Å². The molecule has 6 amide bonds. The highest BCUT2D eigenvalue weighted by Crippen LogP contribution is 2.32. The summed E-state index contributed by atoms with van der Waals surface area (Å²) in [5.41, 5.74) is 17.2. The molecule has 1 aliphatic rings. The van der Waals surface area contributed by atoms with Crippen molar-refractivity contribution >= 4 is 78.1 Å². The van der Waals surface area contributed by atoms with E-state index in [4.69, 9.17) is 4.74 Å². The van der Waals surface area contributed by atoms with Gasteiger partial charge in [0.1, 0.15) is 5.75 Å². The predicted octanol–water partition coefficient (Wildman–Crippen LogP) is 10.8. The second-order valence-corrected chi connectivity index (χ2v) is 23.2. The summed E-state index contributed by atoms with van der Waals surface area (Å²) in [5, 5.41) is 9.34. The lowest BCUT2D eigenvalue weighted by Crippen LogP contribution is -2.51. The Hall–Kier alpha value is -8.56. The number of hydrazine groups is 3. The highest BCUT2D eigenvalue weighted by molar-refractivity contribution is 7.90. The minimum absolute atomic E-state index is 0.00528. The number of carbonyl (C=O) groups excluding carboxylic acids is 3. The smallest absolute Gasteiger partial charge is 0.451 e. The van der Waals surface area contributed by atoms with Gasteiger partial charge < -0.3 is 20.7 Å². The molecule has 3 heterocycles.